The lowest BCUT2D eigenvalue weighted by molar-refractivity contribution is -0.896. The highest BCUT2D eigenvalue weighted by Crippen LogP contribution is 2.17. The van der Waals surface area contributed by atoms with E-state index in [4.69, 9.17) is 4.74 Å². The van der Waals surface area contributed by atoms with Gasteiger partial charge in [-0.25, -0.2) is 0 Å². The molecule has 0 saturated carbocycles. The maximum Gasteiger partial charge on any atom is 0.126 e. The van der Waals surface area contributed by atoms with Crippen LogP contribution in [0.3, 0.4) is 0 Å². The Hall–Kier alpha value is -0.900. The Kier molecular flexibility index (Phi) is 9.46. The Morgan fingerprint density at radius 3 is 2.39 bits per heavy atom. The fourth-order valence-corrected chi connectivity index (χ4v) is 3.20. The lowest BCUT2D eigenvalue weighted by Crippen LogP contribution is -2.49. The topological polar surface area (TPSA) is 29.5 Å². The molecule has 0 saturated heterocycles. The van der Waals surface area contributed by atoms with Crippen molar-refractivity contribution in [1.29, 1.82) is 0 Å². The average molecular weight is 323 g/mol. The highest BCUT2D eigenvalue weighted by Gasteiger charge is 2.24. The van der Waals surface area contributed by atoms with Gasteiger partial charge in [0, 0.05) is 5.92 Å². The van der Waals surface area contributed by atoms with Crippen LogP contribution in [0.4, 0.5) is 0 Å². The van der Waals surface area contributed by atoms with Crippen molar-refractivity contribution in [2.45, 2.75) is 52.2 Å². The standard InChI is InChI=1S/C20H36NO2/c1-5-7-11-18(6-2)14-21(3,4)15-20(22)17-23-16-19-12-9-8-10-13-19/h8-10,12-13,18,20,22H,5-7,11,14-17H2,1-4H3/q+1. The molecule has 3 heteroatoms. The Morgan fingerprint density at radius 1 is 1.09 bits per heavy atom. The quantitative estimate of drug-likeness (QED) is 0.592. The van der Waals surface area contributed by atoms with Gasteiger partial charge in [-0.2, -0.15) is 0 Å². The number of aliphatic hydroxyl groups is 1. The number of rotatable bonds is 12. The normalized spacial score (nSPS) is 14.7. The molecule has 0 aliphatic rings. The van der Waals surface area contributed by atoms with Crippen LogP contribution in [0.5, 0.6) is 0 Å². The van der Waals surface area contributed by atoms with E-state index in [1.165, 1.54) is 25.7 Å². The molecule has 1 rings (SSSR count). The molecule has 23 heavy (non-hydrogen) atoms. The molecule has 1 aromatic rings. The molecule has 0 fully saturated rings. The molecule has 0 aliphatic heterocycles. The van der Waals surface area contributed by atoms with E-state index < -0.39 is 6.10 Å². The minimum absolute atomic E-state index is 0.405. The molecule has 3 nitrogen and oxygen atoms in total. The van der Waals surface area contributed by atoms with Crippen LogP contribution < -0.4 is 0 Å². The second-order valence-corrected chi connectivity index (χ2v) is 7.37. The molecule has 0 amide bonds. The molecule has 0 heterocycles. The number of aliphatic hydroxyl groups excluding tert-OH is 1. The van der Waals surface area contributed by atoms with Gasteiger partial charge in [0.05, 0.1) is 33.9 Å². The molecule has 0 aliphatic carbocycles. The third-order valence-corrected chi connectivity index (χ3v) is 4.42. The van der Waals surface area contributed by atoms with Gasteiger partial charge in [-0.1, -0.05) is 57.0 Å². The predicted octanol–water partition coefficient (Wildman–Crippen LogP) is 3.86. The third-order valence-electron chi connectivity index (χ3n) is 4.42. The molecule has 2 atom stereocenters. The maximum atomic E-state index is 10.3. The molecule has 0 radical (unpaired) electrons. The molecular weight excluding hydrogens is 286 g/mol. The lowest BCUT2D eigenvalue weighted by atomic mass is 9.98. The van der Waals surface area contributed by atoms with Crippen LogP contribution >= 0.6 is 0 Å². The number of hydrogen-bond donors (Lipinski definition) is 1. The first-order chi connectivity index (χ1) is 11.0. The van der Waals surface area contributed by atoms with E-state index in [2.05, 4.69) is 27.9 Å². The van der Waals surface area contributed by atoms with Gasteiger partial charge >= 0.3 is 0 Å². The number of benzene rings is 1. The van der Waals surface area contributed by atoms with Crippen molar-refractivity contribution in [3.63, 3.8) is 0 Å². The zero-order valence-electron chi connectivity index (χ0n) is 15.5. The molecule has 1 aromatic carbocycles. The summed E-state index contributed by atoms with van der Waals surface area (Å²) in [7, 11) is 4.43. The molecule has 2 unspecified atom stereocenters. The van der Waals surface area contributed by atoms with Crippen molar-refractivity contribution in [2.24, 2.45) is 5.92 Å². The Morgan fingerprint density at radius 2 is 1.78 bits per heavy atom. The van der Waals surface area contributed by atoms with Crippen LogP contribution in [0.15, 0.2) is 30.3 Å². The number of quaternary nitrogens is 1. The van der Waals surface area contributed by atoms with E-state index in [9.17, 15) is 5.11 Å². The van der Waals surface area contributed by atoms with Crippen molar-refractivity contribution < 1.29 is 14.3 Å². The largest absolute Gasteiger partial charge is 0.385 e. The Bertz CT molecular complexity index is 405. The summed E-state index contributed by atoms with van der Waals surface area (Å²) in [6.07, 6.45) is 4.69. The third kappa shape index (κ3) is 9.09. The fraction of sp³-hybridized carbons (Fsp3) is 0.700. The fourth-order valence-electron chi connectivity index (χ4n) is 3.20. The minimum atomic E-state index is -0.405. The molecule has 0 spiro atoms. The summed E-state index contributed by atoms with van der Waals surface area (Å²) in [5.74, 6) is 0.752. The van der Waals surface area contributed by atoms with E-state index >= 15 is 0 Å². The first kappa shape index (κ1) is 20.1. The number of ether oxygens (including phenoxy) is 1. The minimum Gasteiger partial charge on any atom is -0.385 e. The van der Waals surface area contributed by atoms with E-state index in [1.807, 2.05) is 30.3 Å². The average Bonchev–Trinajstić information content (AvgIpc) is 2.51. The first-order valence-corrected chi connectivity index (χ1v) is 9.08. The summed E-state index contributed by atoms with van der Waals surface area (Å²) >= 11 is 0. The first-order valence-electron chi connectivity index (χ1n) is 9.08. The van der Waals surface area contributed by atoms with E-state index in [1.54, 1.807) is 0 Å². The molecular formula is C20H36NO2+. The zero-order chi connectivity index (χ0) is 17.1. The Labute approximate surface area is 142 Å². The number of hydrogen-bond acceptors (Lipinski definition) is 2. The predicted molar refractivity (Wildman–Crippen MR) is 97.3 cm³/mol. The van der Waals surface area contributed by atoms with Gasteiger partial charge < -0.3 is 14.3 Å². The van der Waals surface area contributed by atoms with Crippen molar-refractivity contribution >= 4 is 0 Å². The van der Waals surface area contributed by atoms with Gasteiger partial charge in [0.25, 0.3) is 0 Å². The van der Waals surface area contributed by atoms with Gasteiger partial charge in [-0.15, -0.1) is 0 Å². The smallest absolute Gasteiger partial charge is 0.126 e. The van der Waals surface area contributed by atoms with Crippen molar-refractivity contribution in [3.8, 4) is 0 Å². The van der Waals surface area contributed by atoms with Gasteiger partial charge in [-0.05, 0) is 18.4 Å². The second-order valence-electron chi connectivity index (χ2n) is 7.37. The van der Waals surface area contributed by atoms with Gasteiger partial charge in [0.2, 0.25) is 0 Å². The number of nitrogens with zero attached hydrogens (tertiary/aromatic N) is 1. The van der Waals surface area contributed by atoms with Crippen LogP contribution in [0.2, 0.25) is 0 Å². The molecule has 0 aromatic heterocycles. The second kappa shape index (κ2) is 10.8. The lowest BCUT2D eigenvalue weighted by Gasteiger charge is -2.35. The van der Waals surface area contributed by atoms with Crippen LogP contribution in [0, 0.1) is 5.92 Å². The molecule has 0 bridgehead atoms. The van der Waals surface area contributed by atoms with Gasteiger partial charge in [0.15, 0.2) is 0 Å². The summed E-state index contributed by atoms with van der Waals surface area (Å²) in [6.45, 7) is 7.38. The van der Waals surface area contributed by atoms with E-state index in [-0.39, 0.29) is 0 Å². The van der Waals surface area contributed by atoms with Crippen molar-refractivity contribution in [2.75, 3.05) is 33.8 Å². The van der Waals surface area contributed by atoms with E-state index in [0.29, 0.717) is 13.2 Å². The van der Waals surface area contributed by atoms with Gasteiger partial charge in [-0.3, -0.25) is 0 Å². The zero-order valence-corrected chi connectivity index (χ0v) is 15.5. The van der Waals surface area contributed by atoms with Crippen LogP contribution in [0.25, 0.3) is 0 Å². The Balaban J connectivity index is 2.31. The van der Waals surface area contributed by atoms with Crippen LogP contribution in [-0.4, -0.2) is 49.5 Å². The summed E-state index contributed by atoms with van der Waals surface area (Å²) in [6, 6.07) is 10.1. The summed E-state index contributed by atoms with van der Waals surface area (Å²) in [5.41, 5.74) is 1.15. The highest BCUT2D eigenvalue weighted by molar-refractivity contribution is 5.13. The summed E-state index contributed by atoms with van der Waals surface area (Å²) in [5, 5.41) is 10.3. The monoisotopic (exact) mass is 322 g/mol. The number of unbranched alkanes of at least 4 members (excludes halogenated alkanes) is 1. The van der Waals surface area contributed by atoms with Gasteiger partial charge in [0.1, 0.15) is 12.6 Å². The SMILES string of the molecule is CCCCC(CC)C[N+](C)(C)CC(O)COCc1ccccc1. The van der Waals surface area contributed by atoms with Crippen molar-refractivity contribution in [1.82, 2.24) is 0 Å². The number of likely N-dealkylation sites (N-methyl/N-ethyl adjacent to an activating group) is 1. The molecule has 1 N–H and O–H groups in total. The van der Waals surface area contributed by atoms with Crippen molar-refractivity contribution in [3.05, 3.63) is 35.9 Å². The maximum absolute atomic E-state index is 10.3. The van der Waals surface area contributed by atoms with Crippen LogP contribution in [-0.2, 0) is 11.3 Å². The molecule has 132 valence electrons. The van der Waals surface area contributed by atoms with E-state index in [0.717, 1.165) is 29.1 Å². The summed E-state index contributed by atoms with van der Waals surface area (Å²) in [4.78, 5) is 0. The van der Waals surface area contributed by atoms with Crippen LogP contribution in [0.1, 0.15) is 45.1 Å². The highest BCUT2D eigenvalue weighted by atomic mass is 16.5. The summed E-state index contributed by atoms with van der Waals surface area (Å²) < 4.78 is 6.52.